The first-order valence-corrected chi connectivity index (χ1v) is 7.34. The van der Waals surface area contributed by atoms with E-state index in [4.69, 9.17) is 4.52 Å². The first kappa shape index (κ1) is 12.6. The highest BCUT2D eigenvalue weighted by Gasteiger charge is 2.32. The number of likely N-dealkylation sites (tertiary alicyclic amines) is 1. The monoisotopic (exact) mass is 287 g/mol. The van der Waals surface area contributed by atoms with Gasteiger partial charge in [0.05, 0.1) is 17.9 Å². The topological polar surface area (TPSA) is 77.0 Å². The molecule has 7 nitrogen and oxygen atoms in total. The Hall–Kier alpha value is -2.18. The molecule has 1 saturated carbocycles. The lowest BCUT2D eigenvalue weighted by atomic mass is 10.2. The van der Waals surface area contributed by atoms with Crippen molar-refractivity contribution in [3.8, 4) is 0 Å². The Labute approximate surface area is 121 Å². The van der Waals surface area contributed by atoms with E-state index >= 15 is 0 Å². The zero-order valence-corrected chi connectivity index (χ0v) is 11.9. The average Bonchev–Trinajstić information content (AvgIpc) is 2.94. The van der Waals surface area contributed by atoms with Gasteiger partial charge in [0.15, 0.2) is 0 Å². The quantitative estimate of drug-likeness (QED) is 0.855. The van der Waals surface area contributed by atoms with E-state index in [9.17, 15) is 4.79 Å². The summed E-state index contributed by atoms with van der Waals surface area (Å²) in [7, 11) is 0. The second-order valence-electron chi connectivity index (χ2n) is 5.89. The minimum absolute atomic E-state index is 0.0150. The van der Waals surface area contributed by atoms with Crippen molar-refractivity contribution in [3.05, 3.63) is 29.4 Å². The molecule has 1 aliphatic carbocycles. The minimum atomic E-state index is -0.0150. The Bertz CT molecular complexity index is 672. The van der Waals surface area contributed by atoms with E-state index in [-0.39, 0.29) is 11.9 Å². The SMILES string of the molecule is Cc1oncc1C(=O)N1CC[C@H](n2cc(C3CC3)nn2)C1. The second-order valence-corrected chi connectivity index (χ2v) is 5.89. The van der Waals surface area contributed by atoms with Crippen molar-refractivity contribution in [2.45, 2.75) is 38.1 Å². The van der Waals surface area contributed by atoms with Gasteiger partial charge in [0, 0.05) is 25.2 Å². The molecule has 1 amide bonds. The van der Waals surface area contributed by atoms with Crippen LogP contribution in [-0.2, 0) is 0 Å². The molecule has 0 radical (unpaired) electrons. The van der Waals surface area contributed by atoms with Crippen LogP contribution in [0.4, 0.5) is 0 Å². The molecule has 110 valence electrons. The van der Waals surface area contributed by atoms with Crippen LogP contribution in [0.3, 0.4) is 0 Å². The van der Waals surface area contributed by atoms with Crippen LogP contribution < -0.4 is 0 Å². The normalized spacial score (nSPS) is 22.0. The van der Waals surface area contributed by atoms with Gasteiger partial charge in [-0.1, -0.05) is 10.4 Å². The summed E-state index contributed by atoms with van der Waals surface area (Å²) in [4.78, 5) is 14.2. The lowest BCUT2D eigenvalue weighted by Crippen LogP contribution is -2.29. The van der Waals surface area contributed by atoms with Crippen molar-refractivity contribution in [2.24, 2.45) is 0 Å². The van der Waals surface area contributed by atoms with Crippen molar-refractivity contribution in [3.63, 3.8) is 0 Å². The fourth-order valence-electron chi connectivity index (χ4n) is 2.85. The van der Waals surface area contributed by atoms with Crippen LogP contribution in [0.25, 0.3) is 0 Å². The fraction of sp³-hybridized carbons (Fsp3) is 0.571. The minimum Gasteiger partial charge on any atom is -0.361 e. The lowest BCUT2D eigenvalue weighted by Gasteiger charge is -2.15. The molecule has 0 N–H and O–H groups in total. The molecule has 7 heteroatoms. The highest BCUT2D eigenvalue weighted by Crippen LogP contribution is 2.39. The van der Waals surface area contributed by atoms with Gasteiger partial charge < -0.3 is 9.42 Å². The molecule has 2 fully saturated rings. The fourth-order valence-corrected chi connectivity index (χ4v) is 2.85. The van der Waals surface area contributed by atoms with Gasteiger partial charge in [-0.2, -0.15) is 0 Å². The highest BCUT2D eigenvalue weighted by molar-refractivity contribution is 5.94. The van der Waals surface area contributed by atoms with Crippen LogP contribution in [0.1, 0.15) is 53.0 Å². The van der Waals surface area contributed by atoms with Crippen molar-refractivity contribution in [1.29, 1.82) is 0 Å². The van der Waals surface area contributed by atoms with Crippen LogP contribution in [0.15, 0.2) is 16.9 Å². The van der Waals surface area contributed by atoms with E-state index in [2.05, 4.69) is 15.5 Å². The smallest absolute Gasteiger partial charge is 0.259 e. The molecule has 1 atom stereocenters. The number of nitrogens with zero attached hydrogens (tertiary/aromatic N) is 5. The molecule has 2 aliphatic rings. The molecular weight excluding hydrogens is 270 g/mol. The van der Waals surface area contributed by atoms with Crippen LogP contribution in [0.2, 0.25) is 0 Å². The van der Waals surface area contributed by atoms with E-state index in [0.717, 1.165) is 18.7 Å². The maximum absolute atomic E-state index is 12.4. The first-order chi connectivity index (χ1) is 10.2. The number of rotatable bonds is 3. The molecule has 21 heavy (non-hydrogen) atoms. The molecule has 0 spiro atoms. The number of hydrogen-bond donors (Lipinski definition) is 0. The summed E-state index contributed by atoms with van der Waals surface area (Å²) < 4.78 is 6.89. The zero-order chi connectivity index (χ0) is 14.4. The van der Waals surface area contributed by atoms with E-state index in [1.54, 1.807) is 6.92 Å². The van der Waals surface area contributed by atoms with E-state index < -0.39 is 0 Å². The predicted octanol–water partition coefficient (Wildman–Crippen LogP) is 1.54. The average molecular weight is 287 g/mol. The van der Waals surface area contributed by atoms with Gasteiger partial charge in [-0.3, -0.25) is 4.79 Å². The molecule has 3 heterocycles. The summed E-state index contributed by atoms with van der Waals surface area (Å²) in [5, 5.41) is 12.1. The van der Waals surface area contributed by atoms with Gasteiger partial charge in [-0.05, 0) is 26.2 Å². The molecule has 0 aromatic carbocycles. The molecule has 0 bridgehead atoms. The third-order valence-electron chi connectivity index (χ3n) is 4.33. The number of carbonyl (C=O) groups is 1. The van der Waals surface area contributed by atoms with Gasteiger partial charge in [0.1, 0.15) is 11.3 Å². The van der Waals surface area contributed by atoms with Gasteiger partial charge in [-0.25, -0.2) is 4.68 Å². The van der Waals surface area contributed by atoms with Crippen LogP contribution in [0, 0.1) is 6.92 Å². The van der Waals surface area contributed by atoms with Crippen LogP contribution in [0.5, 0.6) is 0 Å². The van der Waals surface area contributed by atoms with Crippen molar-refractivity contribution < 1.29 is 9.32 Å². The third kappa shape index (κ3) is 2.22. The Morgan fingerprint density at radius 2 is 2.24 bits per heavy atom. The summed E-state index contributed by atoms with van der Waals surface area (Å²) >= 11 is 0. The number of hydrogen-bond acceptors (Lipinski definition) is 5. The number of amides is 1. The molecular formula is C14H17N5O2. The summed E-state index contributed by atoms with van der Waals surface area (Å²) in [5.41, 5.74) is 1.64. The van der Waals surface area contributed by atoms with Crippen molar-refractivity contribution >= 4 is 5.91 Å². The number of aryl methyl sites for hydroxylation is 1. The molecule has 1 saturated heterocycles. The maximum Gasteiger partial charge on any atom is 0.259 e. The van der Waals surface area contributed by atoms with E-state index in [1.807, 2.05) is 15.8 Å². The van der Waals surface area contributed by atoms with E-state index in [1.165, 1.54) is 19.0 Å². The summed E-state index contributed by atoms with van der Waals surface area (Å²) in [6.45, 7) is 3.15. The Kier molecular flexibility index (Phi) is 2.80. The van der Waals surface area contributed by atoms with Crippen molar-refractivity contribution in [1.82, 2.24) is 25.1 Å². The third-order valence-corrected chi connectivity index (χ3v) is 4.33. The Balaban J connectivity index is 1.46. The largest absolute Gasteiger partial charge is 0.361 e. The van der Waals surface area contributed by atoms with Crippen molar-refractivity contribution in [2.75, 3.05) is 13.1 Å². The van der Waals surface area contributed by atoms with E-state index in [0.29, 0.717) is 23.8 Å². The summed E-state index contributed by atoms with van der Waals surface area (Å²) in [6.07, 6.45) is 6.89. The summed E-state index contributed by atoms with van der Waals surface area (Å²) in [5.74, 6) is 1.16. The van der Waals surface area contributed by atoms with Crippen LogP contribution in [-0.4, -0.2) is 44.0 Å². The van der Waals surface area contributed by atoms with Crippen LogP contribution >= 0.6 is 0 Å². The number of aromatic nitrogens is 4. The van der Waals surface area contributed by atoms with Gasteiger partial charge in [-0.15, -0.1) is 5.10 Å². The molecule has 0 unspecified atom stereocenters. The lowest BCUT2D eigenvalue weighted by molar-refractivity contribution is 0.0785. The van der Waals surface area contributed by atoms with Gasteiger partial charge in [0.25, 0.3) is 5.91 Å². The van der Waals surface area contributed by atoms with Gasteiger partial charge in [0.2, 0.25) is 0 Å². The molecule has 1 aliphatic heterocycles. The standard InChI is InChI=1S/C14H17N5O2/c1-9-12(6-15-21-9)14(20)18-5-4-11(7-18)19-8-13(16-17-19)10-2-3-10/h6,8,10-11H,2-5,7H2,1H3/t11-/m0/s1. The highest BCUT2D eigenvalue weighted by atomic mass is 16.5. The summed E-state index contributed by atoms with van der Waals surface area (Å²) in [6, 6.07) is 0.217. The Morgan fingerprint density at radius 1 is 1.38 bits per heavy atom. The number of carbonyl (C=O) groups excluding carboxylic acids is 1. The Morgan fingerprint density at radius 3 is 2.95 bits per heavy atom. The van der Waals surface area contributed by atoms with Gasteiger partial charge >= 0.3 is 0 Å². The second kappa shape index (κ2) is 4.68. The first-order valence-electron chi connectivity index (χ1n) is 7.34. The molecule has 2 aromatic heterocycles. The zero-order valence-electron chi connectivity index (χ0n) is 11.9. The molecule has 2 aromatic rings. The molecule has 4 rings (SSSR count). The maximum atomic E-state index is 12.4. The predicted molar refractivity (Wildman–Crippen MR) is 72.8 cm³/mol.